The number of nitrogens with one attached hydrogen (secondary N) is 1. The number of carbonyl (C=O) groups is 1. The Balaban J connectivity index is 2.79. The Hall–Kier alpha value is -0.290. The highest BCUT2D eigenvalue weighted by Gasteiger charge is 2.49. The van der Waals surface area contributed by atoms with Crippen LogP contribution in [0.4, 0.5) is 4.79 Å². The molecule has 0 aromatic rings. The fourth-order valence-corrected chi connectivity index (χ4v) is 2.53. The molecule has 0 aliphatic carbocycles. The van der Waals surface area contributed by atoms with Crippen molar-refractivity contribution in [3.63, 3.8) is 0 Å². The molecule has 1 aliphatic rings. The van der Waals surface area contributed by atoms with Crippen LogP contribution in [0.5, 0.6) is 0 Å². The molecule has 0 saturated carbocycles. The van der Waals surface area contributed by atoms with E-state index in [9.17, 15) is 4.79 Å². The minimum atomic E-state index is -0.483. The molecule has 0 aromatic carbocycles. The molecule has 4 nitrogen and oxygen atoms in total. The second kappa shape index (κ2) is 5.37. The number of halogens is 1. The Morgan fingerprint density at radius 1 is 1.39 bits per heavy atom. The van der Waals surface area contributed by atoms with Crippen molar-refractivity contribution < 1.29 is 14.3 Å². The molecule has 1 fully saturated rings. The quantitative estimate of drug-likeness (QED) is 0.812. The number of hydrogen-bond donors (Lipinski definition) is 1. The predicted octanol–water partition coefficient (Wildman–Crippen LogP) is 3.09. The minimum Gasteiger partial charge on any atom is -0.444 e. The lowest BCUT2D eigenvalue weighted by atomic mass is 9.73. The van der Waals surface area contributed by atoms with Gasteiger partial charge >= 0.3 is 6.09 Å². The van der Waals surface area contributed by atoms with E-state index in [2.05, 4.69) is 35.1 Å². The highest BCUT2D eigenvalue weighted by Crippen LogP contribution is 2.39. The van der Waals surface area contributed by atoms with Crippen LogP contribution in [0.3, 0.4) is 0 Å². The summed E-state index contributed by atoms with van der Waals surface area (Å²) in [5.74, 6) is 0. The fraction of sp³-hybridized carbons (Fsp3) is 0.923. The average molecular weight is 322 g/mol. The van der Waals surface area contributed by atoms with E-state index in [1.165, 1.54) is 0 Å². The lowest BCUT2D eigenvalue weighted by Gasteiger charge is -2.42. The Morgan fingerprint density at radius 2 is 2.00 bits per heavy atom. The monoisotopic (exact) mass is 321 g/mol. The predicted molar refractivity (Wildman–Crippen MR) is 75.1 cm³/mol. The lowest BCUT2D eigenvalue weighted by Crippen LogP contribution is -2.60. The van der Waals surface area contributed by atoms with E-state index in [0.717, 1.165) is 11.8 Å². The number of amides is 1. The summed E-state index contributed by atoms with van der Waals surface area (Å²) in [6.07, 6.45) is 0.437. The topological polar surface area (TPSA) is 47.6 Å². The minimum absolute atomic E-state index is 0.0968. The van der Waals surface area contributed by atoms with Gasteiger partial charge < -0.3 is 14.8 Å². The summed E-state index contributed by atoms with van der Waals surface area (Å²) < 4.78 is 10.8. The summed E-state index contributed by atoms with van der Waals surface area (Å²) in [5.41, 5.74) is -0.942. The van der Waals surface area contributed by atoms with E-state index >= 15 is 0 Å². The first-order chi connectivity index (χ1) is 8.12. The van der Waals surface area contributed by atoms with E-state index in [1.54, 1.807) is 0 Å². The van der Waals surface area contributed by atoms with Gasteiger partial charge in [0.05, 0.1) is 12.1 Å². The van der Waals surface area contributed by atoms with Crippen molar-refractivity contribution in [2.75, 3.05) is 18.5 Å². The molecule has 1 rings (SSSR count). The van der Waals surface area contributed by atoms with E-state index in [1.807, 2.05) is 20.8 Å². The molecule has 0 bridgehead atoms. The van der Waals surface area contributed by atoms with Crippen molar-refractivity contribution in [1.82, 2.24) is 5.32 Å². The number of alkyl carbamates (subject to hydrolysis) is 1. The summed E-state index contributed by atoms with van der Waals surface area (Å²) in [6, 6.07) is 0. The number of ether oxygens (including phenoxy) is 2. The van der Waals surface area contributed by atoms with Crippen molar-refractivity contribution in [2.24, 2.45) is 5.41 Å². The summed E-state index contributed by atoms with van der Waals surface area (Å²) in [5, 5.41) is 3.81. The lowest BCUT2D eigenvalue weighted by molar-refractivity contribution is 0.0311. The van der Waals surface area contributed by atoms with Gasteiger partial charge in [0, 0.05) is 11.9 Å². The maximum absolute atomic E-state index is 12.0. The summed E-state index contributed by atoms with van der Waals surface area (Å²) in [6.45, 7) is 11.0. The number of carbonyl (C=O) groups excluding carboxylic acids is 1. The molecule has 5 heteroatoms. The van der Waals surface area contributed by atoms with Crippen LogP contribution < -0.4 is 5.32 Å². The molecule has 1 aliphatic heterocycles. The van der Waals surface area contributed by atoms with Gasteiger partial charge in [0.2, 0.25) is 0 Å². The number of hydrogen-bond acceptors (Lipinski definition) is 3. The highest BCUT2D eigenvalue weighted by molar-refractivity contribution is 9.09. The van der Waals surface area contributed by atoms with Crippen molar-refractivity contribution in [3.8, 4) is 0 Å². The Morgan fingerprint density at radius 3 is 2.39 bits per heavy atom. The zero-order valence-electron chi connectivity index (χ0n) is 11.9. The van der Waals surface area contributed by atoms with Gasteiger partial charge in [0.1, 0.15) is 5.60 Å². The molecule has 1 heterocycles. The molecule has 1 unspecified atom stereocenters. The van der Waals surface area contributed by atoms with Crippen LogP contribution in [0.2, 0.25) is 0 Å². The first-order valence-electron chi connectivity index (χ1n) is 6.27. The van der Waals surface area contributed by atoms with Gasteiger partial charge in [0.15, 0.2) is 0 Å². The summed E-state index contributed by atoms with van der Waals surface area (Å²) in [4.78, 5) is 12.0. The molecule has 0 spiro atoms. The Kier molecular flexibility index (Phi) is 4.70. The van der Waals surface area contributed by atoms with Gasteiger partial charge in [0.25, 0.3) is 0 Å². The molecule has 1 saturated heterocycles. The second-order valence-corrected chi connectivity index (χ2v) is 7.09. The smallest absolute Gasteiger partial charge is 0.408 e. The zero-order valence-corrected chi connectivity index (χ0v) is 13.5. The zero-order chi connectivity index (χ0) is 14.0. The van der Waals surface area contributed by atoms with Crippen molar-refractivity contribution in [2.45, 2.75) is 52.2 Å². The van der Waals surface area contributed by atoms with Crippen LogP contribution in [0.25, 0.3) is 0 Å². The van der Waals surface area contributed by atoms with Gasteiger partial charge in [-0.1, -0.05) is 29.8 Å². The molecule has 18 heavy (non-hydrogen) atoms. The summed E-state index contributed by atoms with van der Waals surface area (Å²) in [7, 11) is 0. The van der Waals surface area contributed by atoms with Gasteiger partial charge in [-0.05, 0) is 32.6 Å². The molecule has 1 N–H and O–H groups in total. The molecular weight excluding hydrogens is 298 g/mol. The van der Waals surface area contributed by atoms with Gasteiger partial charge in [-0.3, -0.25) is 0 Å². The second-order valence-electron chi connectivity index (χ2n) is 6.53. The van der Waals surface area contributed by atoms with Crippen molar-refractivity contribution >= 4 is 22.0 Å². The van der Waals surface area contributed by atoms with E-state index < -0.39 is 5.60 Å². The maximum atomic E-state index is 12.0. The normalized spacial score (nSPS) is 25.0. The van der Waals surface area contributed by atoms with Gasteiger partial charge in [-0.25, -0.2) is 4.79 Å². The van der Waals surface area contributed by atoms with Crippen LogP contribution in [0.1, 0.15) is 41.0 Å². The fourth-order valence-electron chi connectivity index (χ4n) is 1.99. The van der Waals surface area contributed by atoms with Crippen LogP contribution in [-0.2, 0) is 9.47 Å². The Labute approximate surface area is 118 Å². The first-order valence-corrected chi connectivity index (χ1v) is 7.39. The van der Waals surface area contributed by atoms with Crippen LogP contribution >= 0.6 is 15.9 Å². The van der Waals surface area contributed by atoms with Crippen LogP contribution in [0, 0.1) is 5.41 Å². The summed E-state index contributed by atoms with van der Waals surface area (Å²) >= 11 is 3.52. The molecule has 0 radical (unpaired) electrons. The third kappa shape index (κ3) is 3.60. The van der Waals surface area contributed by atoms with Gasteiger partial charge in [-0.2, -0.15) is 0 Å². The van der Waals surface area contributed by atoms with Crippen molar-refractivity contribution in [1.29, 1.82) is 0 Å². The Bertz CT molecular complexity index is 304. The van der Waals surface area contributed by atoms with Crippen molar-refractivity contribution in [3.05, 3.63) is 0 Å². The van der Waals surface area contributed by atoms with Gasteiger partial charge in [-0.15, -0.1) is 0 Å². The van der Waals surface area contributed by atoms with E-state index in [4.69, 9.17) is 9.47 Å². The molecule has 106 valence electrons. The average Bonchev–Trinajstić information content (AvgIpc) is 2.64. The van der Waals surface area contributed by atoms with Crippen LogP contribution in [0.15, 0.2) is 0 Å². The third-order valence-electron chi connectivity index (χ3n) is 3.39. The number of rotatable bonds is 3. The molecule has 1 amide bonds. The standard InChI is InChI=1S/C13H24BrNO3/c1-11(2,3)18-10(16)15-13(6-7-17-9-13)12(4,5)8-14/h6-9H2,1-5H3,(H,15,16). The van der Waals surface area contributed by atoms with Crippen LogP contribution in [-0.4, -0.2) is 35.8 Å². The SMILES string of the molecule is CC(C)(C)OC(=O)NC1(C(C)(C)CBr)CCOC1. The maximum Gasteiger partial charge on any atom is 0.408 e. The highest BCUT2D eigenvalue weighted by atomic mass is 79.9. The van der Waals surface area contributed by atoms with E-state index in [-0.39, 0.29) is 17.0 Å². The molecule has 1 atom stereocenters. The third-order valence-corrected chi connectivity index (χ3v) is 4.79. The number of alkyl halides is 1. The molecular formula is C13H24BrNO3. The van der Waals surface area contributed by atoms with E-state index in [0.29, 0.717) is 13.2 Å². The molecule has 0 aromatic heterocycles. The first kappa shape index (κ1) is 15.8. The largest absolute Gasteiger partial charge is 0.444 e.